The molecule has 1 amide bonds. The molecule has 11 nitrogen and oxygen atoms in total. The molecule has 0 saturated carbocycles. The minimum atomic E-state index is -0.606. The van der Waals surface area contributed by atoms with Crippen molar-refractivity contribution in [3.8, 4) is 17.1 Å². The van der Waals surface area contributed by atoms with Gasteiger partial charge in [-0.15, -0.1) is 0 Å². The molecule has 0 spiro atoms. The number of nitrogens with zero attached hydrogens (tertiary/aromatic N) is 4. The number of carbonyl (C=O) groups excluding carboxylic acids is 1. The van der Waals surface area contributed by atoms with E-state index >= 15 is 0 Å². The number of nitrogens with one attached hydrogen (secondary N) is 2. The van der Waals surface area contributed by atoms with Crippen molar-refractivity contribution in [3.63, 3.8) is 0 Å². The van der Waals surface area contributed by atoms with Crippen molar-refractivity contribution >= 4 is 17.7 Å². The van der Waals surface area contributed by atoms with Crippen molar-refractivity contribution in [2.75, 3.05) is 69.9 Å². The summed E-state index contributed by atoms with van der Waals surface area (Å²) in [4.78, 5) is 26.3. The Hall–Kier alpha value is -3.15. The largest absolute Gasteiger partial charge is 0.491 e. The lowest BCUT2D eigenvalue weighted by molar-refractivity contribution is 0.0890. The minimum Gasteiger partial charge on any atom is -0.491 e. The number of aromatic nitrogens is 2. The molecule has 11 heteroatoms. The summed E-state index contributed by atoms with van der Waals surface area (Å²) in [5, 5.41) is 16.5. The van der Waals surface area contributed by atoms with E-state index in [1.807, 2.05) is 45.0 Å². The van der Waals surface area contributed by atoms with Gasteiger partial charge in [-0.3, -0.25) is 0 Å². The first-order valence-corrected chi connectivity index (χ1v) is 13.4. The number of carbonyl (C=O) groups is 1. The van der Waals surface area contributed by atoms with Crippen molar-refractivity contribution in [2.45, 2.75) is 45.4 Å². The second kappa shape index (κ2) is 13.1. The van der Waals surface area contributed by atoms with Gasteiger partial charge in [0.15, 0.2) is 5.82 Å². The lowest BCUT2D eigenvalue weighted by atomic mass is 10.1. The first-order valence-electron chi connectivity index (χ1n) is 13.4. The fourth-order valence-corrected chi connectivity index (χ4v) is 4.76. The average molecular weight is 529 g/mol. The van der Waals surface area contributed by atoms with Crippen molar-refractivity contribution < 1.29 is 24.1 Å². The SMILES string of the molecule is CCOC(=O)N1CCN(c2nc(-c3cccc(OCC(O)CNC)c3)nc(N[C@@H]3CCOC3)c2C)C[C@H]1C. The molecular formula is C27H40N6O5. The number of aliphatic hydroxyl groups is 1. The fraction of sp³-hybridized carbons (Fsp3) is 0.593. The van der Waals surface area contributed by atoms with Crippen LogP contribution in [0.1, 0.15) is 25.8 Å². The zero-order chi connectivity index (χ0) is 27.1. The standard InChI is InChI=1S/C27H40N6O5/c1-5-37-27(35)33-11-10-32(15-18(33)2)26-19(3)24(29-21-9-12-36-16-21)30-25(31-26)20-7-6-8-23(13-20)38-17-22(34)14-28-4/h6-8,13,18,21-22,28,34H,5,9-12,14-17H2,1-4H3,(H,29,30,31)/t18-,21-,22?/m1/s1. The summed E-state index contributed by atoms with van der Waals surface area (Å²) in [6.07, 6.45) is 0.0345. The summed E-state index contributed by atoms with van der Waals surface area (Å²) in [5.74, 6) is 2.83. The molecule has 1 aromatic carbocycles. The van der Waals surface area contributed by atoms with Crippen molar-refractivity contribution in [1.82, 2.24) is 20.2 Å². The quantitative estimate of drug-likeness (QED) is 0.423. The predicted molar refractivity (Wildman–Crippen MR) is 146 cm³/mol. The molecule has 1 aromatic heterocycles. The molecule has 1 unspecified atom stereocenters. The molecule has 2 aliphatic rings. The first-order chi connectivity index (χ1) is 18.4. The van der Waals surface area contributed by atoms with Crippen molar-refractivity contribution in [3.05, 3.63) is 29.8 Å². The van der Waals surface area contributed by atoms with E-state index in [4.69, 9.17) is 24.2 Å². The number of benzene rings is 1. The summed E-state index contributed by atoms with van der Waals surface area (Å²) in [6, 6.07) is 7.76. The van der Waals surface area contributed by atoms with Gasteiger partial charge in [0, 0.05) is 50.0 Å². The summed E-state index contributed by atoms with van der Waals surface area (Å²) >= 11 is 0. The summed E-state index contributed by atoms with van der Waals surface area (Å²) in [5.41, 5.74) is 1.77. The van der Waals surface area contributed by atoms with Crippen LogP contribution >= 0.6 is 0 Å². The van der Waals surface area contributed by atoms with Gasteiger partial charge in [-0.05, 0) is 46.4 Å². The van der Waals surface area contributed by atoms with Crippen molar-refractivity contribution in [1.29, 1.82) is 0 Å². The van der Waals surface area contributed by atoms with Gasteiger partial charge in [0.1, 0.15) is 30.1 Å². The third-order valence-electron chi connectivity index (χ3n) is 6.79. The van der Waals surface area contributed by atoms with Gasteiger partial charge < -0.3 is 39.8 Å². The number of hydrogen-bond donors (Lipinski definition) is 3. The lowest BCUT2D eigenvalue weighted by Crippen LogP contribution is -2.54. The highest BCUT2D eigenvalue weighted by Crippen LogP contribution is 2.31. The molecule has 2 fully saturated rings. The molecule has 38 heavy (non-hydrogen) atoms. The molecule has 208 valence electrons. The van der Waals surface area contributed by atoms with Gasteiger partial charge >= 0.3 is 6.09 Å². The predicted octanol–water partition coefficient (Wildman–Crippen LogP) is 2.28. The number of anilines is 2. The molecule has 0 aliphatic carbocycles. The molecule has 0 bridgehead atoms. The number of likely N-dealkylation sites (N-methyl/N-ethyl adjacent to an activating group) is 1. The normalized spacial score (nSPS) is 20.3. The Morgan fingerprint density at radius 3 is 2.87 bits per heavy atom. The van der Waals surface area contributed by atoms with Crippen LogP contribution in [0.4, 0.5) is 16.4 Å². The molecule has 2 aromatic rings. The van der Waals surface area contributed by atoms with E-state index in [9.17, 15) is 9.90 Å². The second-order valence-corrected chi connectivity index (χ2v) is 9.79. The van der Waals surface area contributed by atoms with Crippen LogP contribution < -0.4 is 20.3 Å². The Morgan fingerprint density at radius 1 is 1.32 bits per heavy atom. The maximum atomic E-state index is 12.4. The van der Waals surface area contributed by atoms with E-state index in [1.165, 1.54) is 0 Å². The highest BCUT2D eigenvalue weighted by Gasteiger charge is 2.31. The van der Waals surface area contributed by atoms with Gasteiger partial charge in [0.2, 0.25) is 0 Å². The molecular weight excluding hydrogens is 488 g/mol. The molecule has 2 aliphatic heterocycles. The van der Waals surface area contributed by atoms with Gasteiger partial charge in [0.05, 0.1) is 19.3 Å². The van der Waals surface area contributed by atoms with E-state index in [0.717, 1.165) is 35.8 Å². The Bertz CT molecular complexity index is 1080. The first kappa shape index (κ1) is 27.9. The van der Waals surface area contributed by atoms with Crippen LogP contribution in [0.3, 0.4) is 0 Å². The van der Waals surface area contributed by atoms with Crippen molar-refractivity contribution in [2.24, 2.45) is 0 Å². The average Bonchev–Trinajstić information content (AvgIpc) is 3.42. The van der Waals surface area contributed by atoms with Crippen LogP contribution in [0.2, 0.25) is 0 Å². The van der Waals surface area contributed by atoms with Gasteiger partial charge in [-0.25, -0.2) is 14.8 Å². The van der Waals surface area contributed by atoms with Crippen LogP contribution in [0, 0.1) is 6.92 Å². The number of ether oxygens (including phenoxy) is 3. The lowest BCUT2D eigenvalue weighted by Gasteiger charge is -2.40. The number of aliphatic hydroxyl groups excluding tert-OH is 1. The van der Waals surface area contributed by atoms with E-state index in [2.05, 4.69) is 15.5 Å². The molecule has 0 radical (unpaired) electrons. The monoisotopic (exact) mass is 528 g/mol. The van der Waals surface area contributed by atoms with Crippen LogP contribution in [-0.2, 0) is 9.47 Å². The highest BCUT2D eigenvalue weighted by atomic mass is 16.6. The molecule has 2 saturated heterocycles. The minimum absolute atomic E-state index is 0.0268. The third-order valence-corrected chi connectivity index (χ3v) is 6.79. The van der Waals surface area contributed by atoms with Gasteiger partial charge in [-0.1, -0.05) is 12.1 Å². The van der Waals surface area contributed by atoms with Crippen LogP contribution in [0.5, 0.6) is 5.75 Å². The smallest absolute Gasteiger partial charge is 0.410 e. The number of amides is 1. The maximum absolute atomic E-state index is 12.4. The van der Waals surface area contributed by atoms with E-state index < -0.39 is 6.10 Å². The summed E-state index contributed by atoms with van der Waals surface area (Å²) < 4.78 is 16.6. The number of rotatable bonds is 10. The number of hydrogen-bond acceptors (Lipinski definition) is 10. The second-order valence-electron chi connectivity index (χ2n) is 9.79. The molecule has 3 N–H and O–H groups in total. The fourth-order valence-electron chi connectivity index (χ4n) is 4.76. The van der Waals surface area contributed by atoms with Crippen LogP contribution in [-0.4, -0.2) is 104 Å². The molecule has 3 atom stereocenters. The van der Waals surface area contributed by atoms with Crippen LogP contribution in [0.25, 0.3) is 11.4 Å². The maximum Gasteiger partial charge on any atom is 0.410 e. The van der Waals surface area contributed by atoms with E-state index in [1.54, 1.807) is 11.9 Å². The Balaban J connectivity index is 1.61. The zero-order valence-corrected chi connectivity index (χ0v) is 22.8. The molecule has 3 heterocycles. The third kappa shape index (κ3) is 6.83. The Labute approximate surface area is 224 Å². The topological polar surface area (TPSA) is 121 Å². The Kier molecular flexibility index (Phi) is 9.59. The molecule has 4 rings (SSSR count). The zero-order valence-electron chi connectivity index (χ0n) is 22.8. The highest BCUT2D eigenvalue weighted by molar-refractivity contribution is 5.70. The Morgan fingerprint density at radius 2 is 2.16 bits per heavy atom. The summed E-state index contributed by atoms with van der Waals surface area (Å²) in [6.45, 7) is 10.1. The van der Waals surface area contributed by atoms with E-state index in [0.29, 0.717) is 51.0 Å². The van der Waals surface area contributed by atoms with Crippen LogP contribution in [0.15, 0.2) is 24.3 Å². The number of piperazine rings is 1. The van der Waals surface area contributed by atoms with E-state index in [-0.39, 0.29) is 24.8 Å². The van der Waals surface area contributed by atoms with Gasteiger partial charge in [0.25, 0.3) is 0 Å². The van der Waals surface area contributed by atoms with Gasteiger partial charge in [-0.2, -0.15) is 0 Å². The summed E-state index contributed by atoms with van der Waals surface area (Å²) in [7, 11) is 1.79.